The average Bonchev–Trinajstić information content (AvgIpc) is 3.14. The van der Waals surface area contributed by atoms with E-state index in [0.29, 0.717) is 18.8 Å². The Labute approximate surface area is 151 Å². The van der Waals surface area contributed by atoms with Gasteiger partial charge in [0.25, 0.3) is 5.91 Å². The van der Waals surface area contributed by atoms with Crippen molar-refractivity contribution in [2.75, 3.05) is 11.9 Å². The van der Waals surface area contributed by atoms with E-state index in [4.69, 9.17) is 0 Å². The van der Waals surface area contributed by atoms with Crippen molar-refractivity contribution in [3.63, 3.8) is 0 Å². The summed E-state index contributed by atoms with van der Waals surface area (Å²) in [5, 5.41) is 2.98. The fourth-order valence-corrected chi connectivity index (χ4v) is 3.45. The van der Waals surface area contributed by atoms with Gasteiger partial charge in [-0.1, -0.05) is 36.4 Å². The van der Waals surface area contributed by atoms with Crippen molar-refractivity contribution in [3.05, 3.63) is 66.5 Å². The van der Waals surface area contributed by atoms with E-state index in [1.165, 1.54) is 0 Å². The van der Waals surface area contributed by atoms with Crippen LogP contribution >= 0.6 is 0 Å². The lowest BCUT2D eigenvalue weighted by atomic mass is 10.0. The van der Waals surface area contributed by atoms with Crippen molar-refractivity contribution < 1.29 is 9.59 Å². The topological polar surface area (TPSA) is 66.7 Å². The molecule has 1 saturated heterocycles. The van der Waals surface area contributed by atoms with Gasteiger partial charge in [-0.2, -0.15) is 0 Å². The normalized spacial score (nSPS) is 15.8. The number of benzene rings is 1. The number of aromatic nitrogens is 2. The van der Waals surface area contributed by atoms with Crippen LogP contribution < -0.4 is 5.32 Å². The predicted octanol–water partition coefficient (Wildman–Crippen LogP) is 3.03. The molecule has 0 spiro atoms. The third-order valence-corrected chi connectivity index (χ3v) is 4.71. The molecule has 6 heteroatoms. The first kappa shape index (κ1) is 16.3. The van der Waals surface area contributed by atoms with E-state index in [1.807, 2.05) is 52.9 Å². The first-order valence-electron chi connectivity index (χ1n) is 8.81. The Morgan fingerprint density at radius 1 is 1.08 bits per heavy atom. The van der Waals surface area contributed by atoms with Crippen molar-refractivity contribution in [3.8, 4) is 0 Å². The molecular formula is C20H20N4O2. The van der Waals surface area contributed by atoms with Crippen LogP contribution in [-0.2, 0) is 9.59 Å². The predicted molar refractivity (Wildman–Crippen MR) is 98.6 cm³/mol. The molecule has 1 N–H and O–H groups in total. The van der Waals surface area contributed by atoms with E-state index in [1.54, 1.807) is 17.3 Å². The number of likely N-dealkylation sites (tertiary alicyclic amines) is 1. The highest BCUT2D eigenvalue weighted by Gasteiger charge is 2.32. The Morgan fingerprint density at radius 2 is 1.92 bits per heavy atom. The molecular weight excluding hydrogens is 328 g/mol. The van der Waals surface area contributed by atoms with Gasteiger partial charge in [-0.15, -0.1) is 0 Å². The molecule has 1 atom stereocenters. The number of anilines is 1. The minimum absolute atomic E-state index is 0.0288. The number of carbonyl (C=O) groups is 2. The molecule has 1 fully saturated rings. The molecule has 1 aromatic carbocycles. The van der Waals surface area contributed by atoms with Gasteiger partial charge in [0.2, 0.25) is 5.91 Å². The second kappa shape index (κ2) is 7.00. The van der Waals surface area contributed by atoms with Gasteiger partial charge in [-0.05, 0) is 30.5 Å². The number of nitrogens with one attached hydrogen (secondary N) is 1. The van der Waals surface area contributed by atoms with Crippen molar-refractivity contribution >= 4 is 23.3 Å². The fraction of sp³-hybridized carbons (Fsp3) is 0.250. The number of rotatable bonds is 4. The molecule has 0 bridgehead atoms. The highest BCUT2D eigenvalue weighted by molar-refractivity contribution is 5.97. The Balaban J connectivity index is 1.68. The van der Waals surface area contributed by atoms with Crippen molar-refractivity contribution in [2.24, 2.45) is 0 Å². The summed E-state index contributed by atoms with van der Waals surface area (Å²) in [5.74, 6) is 0.448. The van der Waals surface area contributed by atoms with Gasteiger partial charge in [0, 0.05) is 25.4 Å². The van der Waals surface area contributed by atoms with E-state index >= 15 is 0 Å². The highest BCUT2D eigenvalue weighted by Crippen LogP contribution is 2.27. The fourth-order valence-electron chi connectivity index (χ4n) is 3.45. The lowest BCUT2D eigenvalue weighted by molar-refractivity contribution is -0.141. The van der Waals surface area contributed by atoms with E-state index in [-0.39, 0.29) is 11.8 Å². The molecule has 2 amide bonds. The van der Waals surface area contributed by atoms with Gasteiger partial charge in [-0.3, -0.25) is 14.0 Å². The number of hydrogen-bond acceptors (Lipinski definition) is 3. The maximum Gasteiger partial charge on any atom is 0.252 e. The first-order chi connectivity index (χ1) is 12.7. The third kappa shape index (κ3) is 3.06. The summed E-state index contributed by atoms with van der Waals surface area (Å²) in [6, 6.07) is 14.4. The van der Waals surface area contributed by atoms with Crippen LogP contribution in [0.25, 0.3) is 5.65 Å². The van der Waals surface area contributed by atoms with Crippen molar-refractivity contribution in [1.82, 2.24) is 14.3 Å². The molecule has 0 aliphatic carbocycles. The Bertz CT molecular complexity index is 935. The number of pyridine rings is 1. The maximum absolute atomic E-state index is 13.2. The molecule has 4 rings (SSSR count). The monoisotopic (exact) mass is 348 g/mol. The molecule has 0 unspecified atom stereocenters. The molecule has 1 aliphatic heterocycles. The van der Waals surface area contributed by atoms with Gasteiger partial charge < -0.3 is 10.2 Å². The standard InChI is InChI=1S/C20H20N4O2/c25-18-11-4-5-13-24(18)19(15-7-2-1-3-8-15)20(26)22-17-10-6-9-16-21-12-14-23(16)17/h1-3,6-10,12,14,19H,4-5,11,13H2,(H,22,26)/t19-/m1/s1. The summed E-state index contributed by atoms with van der Waals surface area (Å²) in [7, 11) is 0. The summed E-state index contributed by atoms with van der Waals surface area (Å²) in [5.41, 5.74) is 1.58. The lowest BCUT2D eigenvalue weighted by Gasteiger charge is -2.34. The smallest absolute Gasteiger partial charge is 0.252 e. The third-order valence-electron chi connectivity index (χ3n) is 4.71. The number of nitrogens with zero attached hydrogens (tertiary/aromatic N) is 3. The molecule has 0 saturated carbocycles. The van der Waals surface area contributed by atoms with Crippen molar-refractivity contribution in [2.45, 2.75) is 25.3 Å². The zero-order chi connectivity index (χ0) is 17.9. The van der Waals surface area contributed by atoms with Gasteiger partial charge in [-0.25, -0.2) is 4.98 Å². The number of imidazole rings is 1. The molecule has 3 heterocycles. The van der Waals surface area contributed by atoms with Crippen LogP contribution in [0, 0.1) is 0 Å². The van der Waals surface area contributed by atoms with Crippen LogP contribution in [-0.4, -0.2) is 32.6 Å². The molecule has 1 aliphatic rings. The Hall–Kier alpha value is -3.15. The quantitative estimate of drug-likeness (QED) is 0.788. The van der Waals surface area contributed by atoms with Gasteiger partial charge in [0.15, 0.2) is 0 Å². The molecule has 6 nitrogen and oxygen atoms in total. The van der Waals surface area contributed by atoms with Crippen LogP contribution in [0.2, 0.25) is 0 Å². The number of piperidine rings is 1. The van der Waals surface area contributed by atoms with E-state index in [2.05, 4.69) is 10.3 Å². The molecule has 0 radical (unpaired) electrons. The van der Waals surface area contributed by atoms with E-state index < -0.39 is 6.04 Å². The second-order valence-electron chi connectivity index (χ2n) is 6.41. The SMILES string of the molecule is O=C(Nc1cccc2nccn12)[C@@H](c1ccccc1)N1CCCCC1=O. The Kier molecular flexibility index (Phi) is 4.39. The van der Waals surface area contributed by atoms with Gasteiger partial charge >= 0.3 is 0 Å². The van der Waals surface area contributed by atoms with E-state index in [0.717, 1.165) is 24.1 Å². The van der Waals surface area contributed by atoms with Crippen molar-refractivity contribution in [1.29, 1.82) is 0 Å². The van der Waals surface area contributed by atoms with Crippen LogP contribution in [0.1, 0.15) is 30.9 Å². The van der Waals surface area contributed by atoms with Crippen LogP contribution in [0.3, 0.4) is 0 Å². The summed E-state index contributed by atoms with van der Waals surface area (Å²) in [4.78, 5) is 31.6. The lowest BCUT2D eigenvalue weighted by Crippen LogP contribution is -2.43. The molecule has 132 valence electrons. The number of hydrogen-bond donors (Lipinski definition) is 1. The number of carbonyl (C=O) groups excluding carboxylic acids is 2. The summed E-state index contributed by atoms with van der Waals surface area (Å²) in [6.07, 6.45) is 5.78. The maximum atomic E-state index is 13.2. The van der Waals surface area contributed by atoms with Crippen LogP contribution in [0.4, 0.5) is 5.82 Å². The first-order valence-corrected chi connectivity index (χ1v) is 8.81. The van der Waals surface area contributed by atoms with Crippen LogP contribution in [0.5, 0.6) is 0 Å². The second-order valence-corrected chi connectivity index (χ2v) is 6.41. The minimum atomic E-state index is -0.636. The van der Waals surface area contributed by atoms with Gasteiger partial charge in [0.1, 0.15) is 17.5 Å². The highest BCUT2D eigenvalue weighted by atomic mass is 16.2. The van der Waals surface area contributed by atoms with Gasteiger partial charge in [0.05, 0.1) is 0 Å². The minimum Gasteiger partial charge on any atom is -0.327 e. The number of fused-ring (bicyclic) bond motifs is 1. The zero-order valence-electron chi connectivity index (χ0n) is 14.3. The molecule has 2 aromatic heterocycles. The average molecular weight is 348 g/mol. The zero-order valence-corrected chi connectivity index (χ0v) is 14.3. The summed E-state index contributed by atoms with van der Waals surface area (Å²) >= 11 is 0. The summed E-state index contributed by atoms with van der Waals surface area (Å²) in [6.45, 7) is 0.598. The number of amides is 2. The summed E-state index contributed by atoms with van der Waals surface area (Å²) < 4.78 is 1.82. The van der Waals surface area contributed by atoms with Crippen LogP contribution in [0.15, 0.2) is 60.9 Å². The largest absolute Gasteiger partial charge is 0.327 e. The Morgan fingerprint density at radius 3 is 2.73 bits per heavy atom. The molecule has 26 heavy (non-hydrogen) atoms. The molecule has 3 aromatic rings. The van der Waals surface area contributed by atoms with E-state index in [9.17, 15) is 9.59 Å².